The molecule has 0 spiro atoms. The van der Waals surface area contributed by atoms with Gasteiger partial charge in [0.1, 0.15) is 0 Å². The fraction of sp³-hybridized carbons (Fsp3) is 0.900. The molecule has 1 radical (unpaired) electrons. The lowest BCUT2D eigenvalue weighted by atomic mass is 10.3. The highest BCUT2D eigenvalue weighted by Crippen LogP contribution is 2.02. The number of hydrogen-bond donors (Lipinski definition) is 1. The minimum atomic E-state index is 0.819. The van der Waals surface area contributed by atoms with E-state index in [0.29, 0.717) is 0 Å². The lowest BCUT2D eigenvalue weighted by molar-refractivity contribution is 0.133. The minimum Gasteiger partial charge on any atom is -0.330 e. The average molecular weight is 184 g/mol. The van der Waals surface area contributed by atoms with E-state index in [1.165, 1.54) is 32.7 Å². The van der Waals surface area contributed by atoms with Crippen LogP contribution in [0, 0.1) is 6.92 Å². The molecule has 0 atom stereocenters. The van der Waals surface area contributed by atoms with E-state index in [1.807, 2.05) is 0 Å². The van der Waals surface area contributed by atoms with E-state index in [0.717, 1.165) is 25.9 Å². The first-order valence-corrected chi connectivity index (χ1v) is 5.31. The van der Waals surface area contributed by atoms with E-state index in [4.69, 9.17) is 5.73 Å². The Bertz CT molecular complexity index is 119. The summed E-state index contributed by atoms with van der Waals surface area (Å²) in [4.78, 5) is 5.00. The standard InChI is InChI=1S/C10H22N3/c1-2-5-12-7-9-13(10-8-12)6-3-4-11/h1-11H2. The van der Waals surface area contributed by atoms with Crippen molar-refractivity contribution in [2.75, 3.05) is 45.8 Å². The molecule has 3 nitrogen and oxygen atoms in total. The Labute approximate surface area is 81.9 Å². The van der Waals surface area contributed by atoms with Gasteiger partial charge in [-0.3, -0.25) is 0 Å². The van der Waals surface area contributed by atoms with E-state index in [-0.39, 0.29) is 0 Å². The van der Waals surface area contributed by atoms with Gasteiger partial charge >= 0.3 is 0 Å². The van der Waals surface area contributed by atoms with Crippen LogP contribution >= 0.6 is 0 Å². The third-order valence-electron chi connectivity index (χ3n) is 2.62. The molecule has 1 saturated heterocycles. The number of piperazine rings is 1. The molecule has 77 valence electrons. The molecule has 2 N–H and O–H groups in total. The number of rotatable bonds is 5. The van der Waals surface area contributed by atoms with Gasteiger partial charge in [0, 0.05) is 26.2 Å². The Balaban J connectivity index is 2.08. The van der Waals surface area contributed by atoms with Gasteiger partial charge in [0.2, 0.25) is 0 Å². The fourth-order valence-corrected chi connectivity index (χ4v) is 1.78. The van der Waals surface area contributed by atoms with Crippen LogP contribution in [-0.2, 0) is 0 Å². The van der Waals surface area contributed by atoms with Crippen molar-refractivity contribution in [2.45, 2.75) is 12.8 Å². The summed E-state index contributed by atoms with van der Waals surface area (Å²) in [6.07, 6.45) is 2.16. The smallest absolute Gasteiger partial charge is 0.0110 e. The van der Waals surface area contributed by atoms with Gasteiger partial charge < -0.3 is 15.5 Å². The molecule has 0 aromatic carbocycles. The molecule has 0 aromatic rings. The SMILES string of the molecule is [CH2]CCN1CCN(CCCN)CC1. The summed E-state index contributed by atoms with van der Waals surface area (Å²) in [6, 6.07) is 0. The van der Waals surface area contributed by atoms with Crippen molar-refractivity contribution in [1.82, 2.24) is 9.80 Å². The van der Waals surface area contributed by atoms with Gasteiger partial charge in [-0.1, -0.05) is 6.92 Å². The Morgan fingerprint density at radius 1 is 1.00 bits per heavy atom. The van der Waals surface area contributed by atoms with Gasteiger partial charge in [-0.15, -0.1) is 0 Å². The van der Waals surface area contributed by atoms with Crippen molar-refractivity contribution in [1.29, 1.82) is 0 Å². The van der Waals surface area contributed by atoms with E-state index in [1.54, 1.807) is 0 Å². The van der Waals surface area contributed by atoms with Gasteiger partial charge in [0.25, 0.3) is 0 Å². The summed E-state index contributed by atoms with van der Waals surface area (Å²) in [5.74, 6) is 0. The summed E-state index contributed by atoms with van der Waals surface area (Å²) >= 11 is 0. The first-order chi connectivity index (χ1) is 6.36. The second-order valence-electron chi connectivity index (χ2n) is 3.68. The zero-order chi connectivity index (χ0) is 9.52. The van der Waals surface area contributed by atoms with E-state index < -0.39 is 0 Å². The maximum absolute atomic E-state index is 5.48. The van der Waals surface area contributed by atoms with Crippen molar-refractivity contribution >= 4 is 0 Å². The molecule has 3 heteroatoms. The molecule has 0 aliphatic carbocycles. The van der Waals surface area contributed by atoms with Crippen LogP contribution in [0.3, 0.4) is 0 Å². The average Bonchev–Trinajstić information content (AvgIpc) is 2.17. The second kappa shape index (κ2) is 6.35. The molecule has 1 fully saturated rings. The van der Waals surface area contributed by atoms with Crippen molar-refractivity contribution in [3.05, 3.63) is 6.92 Å². The first-order valence-electron chi connectivity index (χ1n) is 5.31. The summed E-state index contributed by atoms with van der Waals surface area (Å²) in [6.45, 7) is 11.9. The molecule has 1 aliphatic heterocycles. The normalized spacial score (nSPS) is 20.8. The molecule has 0 unspecified atom stereocenters. The van der Waals surface area contributed by atoms with E-state index in [2.05, 4.69) is 16.7 Å². The van der Waals surface area contributed by atoms with E-state index in [9.17, 15) is 0 Å². The van der Waals surface area contributed by atoms with Gasteiger partial charge in [0.05, 0.1) is 0 Å². The van der Waals surface area contributed by atoms with Gasteiger partial charge in [-0.05, 0) is 32.5 Å². The maximum Gasteiger partial charge on any atom is 0.0110 e. The number of hydrogen-bond acceptors (Lipinski definition) is 3. The van der Waals surface area contributed by atoms with Crippen molar-refractivity contribution in [3.63, 3.8) is 0 Å². The number of nitrogens with two attached hydrogens (primary N) is 1. The summed E-state index contributed by atoms with van der Waals surface area (Å²) in [5, 5.41) is 0. The van der Waals surface area contributed by atoms with Crippen LogP contribution in [-0.4, -0.2) is 55.6 Å². The summed E-state index contributed by atoms with van der Waals surface area (Å²) in [5.41, 5.74) is 5.48. The lowest BCUT2D eigenvalue weighted by Gasteiger charge is -2.34. The van der Waals surface area contributed by atoms with Crippen LogP contribution in [0.4, 0.5) is 0 Å². The predicted molar refractivity (Wildman–Crippen MR) is 56.5 cm³/mol. The van der Waals surface area contributed by atoms with Crippen LogP contribution in [0.25, 0.3) is 0 Å². The molecule has 13 heavy (non-hydrogen) atoms. The molecule has 1 rings (SSSR count). The second-order valence-corrected chi connectivity index (χ2v) is 3.68. The summed E-state index contributed by atoms with van der Waals surface area (Å²) < 4.78 is 0. The Morgan fingerprint density at radius 2 is 1.54 bits per heavy atom. The Hall–Kier alpha value is -0.120. The molecule has 0 aromatic heterocycles. The minimum absolute atomic E-state index is 0.819. The third-order valence-corrected chi connectivity index (χ3v) is 2.62. The first kappa shape index (κ1) is 11.0. The molecule has 0 amide bonds. The zero-order valence-electron chi connectivity index (χ0n) is 8.54. The summed E-state index contributed by atoms with van der Waals surface area (Å²) in [7, 11) is 0. The van der Waals surface area contributed by atoms with Crippen molar-refractivity contribution < 1.29 is 0 Å². The monoisotopic (exact) mass is 184 g/mol. The molecule has 0 saturated carbocycles. The number of nitrogens with zero attached hydrogens (tertiary/aromatic N) is 2. The van der Waals surface area contributed by atoms with Gasteiger partial charge in [0.15, 0.2) is 0 Å². The van der Waals surface area contributed by atoms with Crippen LogP contribution in [0.5, 0.6) is 0 Å². The molecular formula is C10H22N3. The highest BCUT2D eigenvalue weighted by atomic mass is 15.3. The molecule has 0 bridgehead atoms. The topological polar surface area (TPSA) is 32.5 Å². The highest BCUT2D eigenvalue weighted by Gasteiger charge is 2.14. The van der Waals surface area contributed by atoms with Crippen molar-refractivity contribution in [3.8, 4) is 0 Å². The van der Waals surface area contributed by atoms with Crippen LogP contribution in [0.1, 0.15) is 12.8 Å². The highest BCUT2D eigenvalue weighted by molar-refractivity contribution is 4.71. The third kappa shape index (κ3) is 4.07. The van der Waals surface area contributed by atoms with Crippen molar-refractivity contribution in [2.24, 2.45) is 5.73 Å². The van der Waals surface area contributed by atoms with Crippen LogP contribution in [0.2, 0.25) is 0 Å². The Kier molecular flexibility index (Phi) is 5.35. The lowest BCUT2D eigenvalue weighted by Crippen LogP contribution is -2.46. The molecule has 1 aliphatic rings. The quantitative estimate of drug-likeness (QED) is 0.661. The Morgan fingerprint density at radius 3 is 2.00 bits per heavy atom. The van der Waals surface area contributed by atoms with Gasteiger partial charge in [-0.2, -0.15) is 0 Å². The predicted octanol–water partition coefficient (Wildman–Crippen LogP) is 0.177. The zero-order valence-corrected chi connectivity index (χ0v) is 8.54. The van der Waals surface area contributed by atoms with Gasteiger partial charge in [-0.25, -0.2) is 0 Å². The maximum atomic E-state index is 5.48. The fourth-order valence-electron chi connectivity index (χ4n) is 1.78. The van der Waals surface area contributed by atoms with Crippen LogP contribution in [0.15, 0.2) is 0 Å². The molecular weight excluding hydrogens is 162 g/mol. The van der Waals surface area contributed by atoms with Crippen LogP contribution < -0.4 is 5.73 Å². The molecule has 1 heterocycles. The largest absolute Gasteiger partial charge is 0.330 e. The van der Waals surface area contributed by atoms with E-state index >= 15 is 0 Å².